The molecule has 0 atom stereocenters. The van der Waals surface area contributed by atoms with E-state index in [2.05, 4.69) is 19.2 Å². The summed E-state index contributed by atoms with van der Waals surface area (Å²) in [5.41, 5.74) is 0.948. The molecule has 0 bridgehead atoms. The lowest BCUT2D eigenvalue weighted by molar-refractivity contribution is -0.149. The lowest BCUT2D eigenvalue weighted by Crippen LogP contribution is -2.56. The maximum Gasteiger partial charge on any atom is 0.331 e. The Hall–Kier alpha value is -1.84. The van der Waals surface area contributed by atoms with E-state index in [4.69, 9.17) is 4.74 Å². The third-order valence-corrected chi connectivity index (χ3v) is 4.50. The van der Waals surface area contributed by atoms with Crippen LogP contribution in [0.2, 0.25) is 0 Å². The Balaban J connectivity index is 2.10. The molecule has 1 saturated carbocycles. The molecule has 1 N–H and O–H groups in total. The summed E-state index contributed by atoms with van der Waals surface area (Å²) in [6.07, 6.45) is 5.26. The molecular weight excluding hydrogens is 290 g/mol. The van der Waals surface area contributed by atoms with E-state index in [1.54, 1.807) is 0 Å². The maximum atomic E-state index is 12.6. The Bertz CT molecular complexity index is 542. The molecule has 4 nitrogen and oxygen atoms in total. The van der Waals surface area contributed by atoms with Gasteiger partial charge in [-0.1, -0.05) is 45.2 Å². The van der Waals surface area contributed by atoms with Crippen LogP contribution in [0.1, 0.15) is 61.9 Å². The van der Waals surface area contributed by atoms with Crippen LogP contribution >= 0.6 is 0 Å². The van der Waals surface area contributed by atoms with E-state index in [-0.39, 0.29) is 11.9 Å². The molecule has 1 amide bonds. The van der Waals surface area contributed by atoms with Crippen LogP contribution in [-0.4, -0.2) is 24.5 Å². The standard InChI is InChI=1S/C19H27NO3/c1-14(2)13-15-7-9-16(10-8-15)17(21)20-19(18(22)23-3)11-5-4-6-12-19/h7-10,14H,4-6,11-13H2,1-3H3,(H,20,21). The highest BCUT2D eigenvalue weighted by molar-refractivity contribution is 5.98. The molecule has 2 rings (SSSR count). The lowest BCUT2D eigenvalue weighted by Gasteiger charge is -2.35. The van der Waals surface area contributed by atoms with Crippen molar-refractivity contribution >= 4 is 11.9 Å². The Kier molecular flexibility index (Phi) is 5.80. The second kappa shape index (κ2) is 7.62. The molecule has 1 fully saturated rings. The van der Waals surface area contributed by atoms with Crippen LogP contribution in [0, 0.1) is 5.92 Å². The highest BCUT2D eigenvalue weighted by atomic mass is 16.5. The summed E-state index contributed by atoms with van der Waals surface area (Å²) < 4.78 is 4.94. The van der Waals surface area contributed by atoms with Crippen molar-refractivity contribution in [3.8, 4) is 0 Å². The number of carbonyl (C=O) groups excluding carboxylic acids is 2. The number of amides is 1. The van der Waals surface area contributed by atoms with E-state index < -0.39 is 5.54 Å². The molecule has 0 aromatic heterocycles. The van der Waals surface area contributed by atoms with Crippen LogP contribution in [0.4, 0.5) is 0 Å². The number of ether oxygens (including phenoxy) is 1. The summed E-state index contributed by atoms with van der Waals surface area (Å²) in [5.74, 6) is 0.0508. The molecule has 1 aliphatic rings. The molecule has 1 aromatic rings. The number of hydrogen-bond donors (Lipinski definition) is 1. The highest BCUT2D eigenvalue weighted by Crippen LogP contribution is 2.29. The van der Waals surface area contributed by atoms with E-state index in [1.807, 2.05) is 24.3 Å². The van der Waals surface area contributed by atoms with Crippen molar-refractivity contribution in [2.45, 2.75) is 57.9 Å². The van der Waals surface area contributed by atoms with Crippen molar-refractivity contribution in [3.05, 3.63) is 35.4 Å². The third kappa shape index (κ3) is 4.34. The van der Waals surface area contributed by atoms with Gasteiger partial charge in [0.05, 0.1) is 7.11 Å². The molecule has 23 heavy (non-hydrogen) atoms. The monoisotopic (exact) mass is 317 g/mol. The fourth-order valence-electron chi connectivity index (χ4n) is 3.28. The van der Waals surface area contributed by atoms with Gasteiger partial charge in [0.2, 0.25) is 0 Å². The van der Waals surface area contributed by atoms with Gasteiger partial charge in [-0.3, -0.25) is 4.79 Å². The SMILES string of the molecule is COC(=O)C1(NC(=O)c2ccc(CC(C)C)cc2)CCCCC1. The van der Waals surface area contributed by atoms with E-state index in [1.165, 1.54) is 12.7 Å². The second-order valence-electron chi connectivity index (χ2n) is 6.88. The number of nitrogens with one attached hydrogen (secondary N) is 1. The fourth-order valence-corrected chi connectivity index (χ4v) is 3.28. The van der Waals surface area contributed by atoms with Crippen LogP contribution in [0.5, 0.6) is 0 Å². The van der Waals surface area contributed by atoms with Crippen LogP contribution in [0.15, 0.2) is 24.3 Å². The van der Waals surface area contributed by atoms with Gasteiger partial charge in [-0.25, -0.2) is 4.79 Å². The van der Waals surface area contributed by atoms with Gasteiger partial charge in [0.1, 0.15) is 5.54 Å². The molecule has 1 aromatic carbocycles. The molecule has 126 valence electrons. The Morgan fingerprint density at radius 2 is 1.74 bits per heavy atom. The Morgan fingerprint density at radius 3 is 2.26 bits per heavy atom. The predicted octanol–water partition coefficient (Wildman–Crippen LogP) is 3.49. The number of benzene rings is 1. The number of carbonyl (C=O) groups is 2. The summed E-state index contributed by atoms with van der Waals surface area (Å²) in [7, 11) is 1.38. The van der Waals surface area contributed by atoms with Crippen molar-refractivity contribution in [2.24, 2.45) is 5.92 Å². The minimum absolute atomic E-state index is 0.201. The van der Waals surface area contributed by atoms with Crippen LogP contribution < -0.4 is 5.32 Å². The van der Waals surface area contributed by atoms with Crippen LogP contribution in [0.3, 0.4) is 0 Å². The van der Waals surface area contributed by atoms with Crippen molar-refractivity contribution in [1.29, 1.82) is 0 Å². The highest BCUT2D eigenvalue weighted by Gasteiger charge is 2.42. The number of hydrogen-bond acceptors (Lipinski definition) is 3. The first-order valence-corrected chi connectivity index (χ1v) is 8.47. The minimum Gasteiger partial charge on any atom is -0.467 e. The first-order valence-electron chi connectivity index (χ1n) is 8.47. The van der Waals surface area contributed by atoms with E-state index >= 15 is 0 Å². The van der Waals surface area contributed by atoms with Crippen molar-refractivity contribution in [2.75, 3.05) is 7.11 Å². The molecule has 4 heteroatoms. The van der Waals surface area contributed by atoms with Crippen LogP contribution in [-0.2, 0) is 16.0 Å². The minimum atomic E-state index is -0.860. The van der Waals surface area contributed by atoms with Gasteiger partial charge in [-0.2, -0.15) is 0 Å². The normalized spacial score (nSPS) is 16.9. The quantitative estimate of drug-likeness (QED) is 0.846. The largest absolute Gasteiger partial charge is 0.467 e. The molecule has 0 radical (unpaired) electrons. The van der Waals surface area contributed by atoms with Gasteiger partial charge in [-0.15, -0.1) is 0 Å². The zero-order valence-electron chi connectivity index (χ0n) is 14.4. The summed E-state index contributed by atoms with van der Waals surface area (Å²) in [5, 5.41) is 2.95. The second-order valence-corrected chi connectivity index (χ2v) is 6.88. The number of methoxy groups -OCH3 is 1. The molecule has 0 saturated heterocycles. The molecule has 0 spiro atoms. The van der Waals surface area contributed by atoms with Gasteiger partial charge in [0, 0.05) is 5.56 Å². The molecule has 0 heterocycles. The summed E-state index contributed by atoms with van der Waals surface area (Å²) in [6.45, 7) is 4.34. The van der Waals surface area contributed by atoms with Crippen molar-refractivity contribution in [1.82, 2.24) is 5.32 Å². The Labute approximate surface area is 138 Å². The van der Waals surface area contributed by atoms with E-state index in [9.17, 15) is 9.59 Å². The zero-order valence-corrected chi connectivity index (χ0v) is 14.4. The molecule has 0 aliphatic heterocycles. The molecule has 0 unspecified atom stereocenters. The van der Waals surface area contributed by atoms with Crippen molar-refractivity contribution < 1.29 is 14.3 Å². The Morgan fingerprint density at radius 1 is 1.13 bits per heavy atom. The topological polar surface area (TPSA) is 55.4 Å². The summed E-state index contributed by atoms with van der Waals surface area (Å²) in [4.78, 5) is 24.7. The number of esters is 1. The van der Waals surface area contributed by atoms with Gasteiger partial charge in [0.15, 0.2) is 0 Å². The average Bonchev–Trinajstić information content (AvgIpc) is 2.55. The lowest BCUT2D eigenvalue weighted by atomic mass is 9.81. The first kappa shape index (κ1) is 17.5. The number of rotatable bonds is 5. The first-order chi connectivity index (χ1) is 11.0. The smallest absolute Gasteiger partial charge is 0.331 e. The van der Waals surface area contributed by atoms with Crippen molar-refractivity contribution in [3.63, 3.8) is 0 Å². The summed E-state index contributed by atoms with van der Waals surface area (Å²) >= 11 is 0. The van der Waals surface area contributed by atoms with Gasteiger partial charge >= 0.3 is 5.97 Å². The van der Waals surface area contributed by atoms with Gasteiger partial charge in [0.25, 0.3) is 5.91 Å². The van der Waals surface area contributed by atoms with Crippen LogP contribution in [0.25, 0.3) is 0 Å². The average molecular weight is 317 g/mol. The summed E-state index contributed by atoms with van der Waals surface area (Å²) in [6, 6.07) is 7.64. The maximum absolute atomic E-state index is 12.6. The third-order valence-electron chi connectivity index (χ3n) is 4.50. The van der Waals surface area contributed by atoms with E-state index in [0.29, 0.717) is 24.3 Å². The predicted molar refractivity (Wildman–Crippen MR) is 90.3 cm³/mol. The molecular formula is C19H27NO3. The fraction of sp³-hybridized carbons (Fsp3) is 0.579. The van der Waals surface area contributed by atoms with Gasteiger partial charge in [-0.05, 0) is 42.9 Å². The van der Waals surface area contributed by atoms with Gasteiger partial charge < -0.3 is 10.1 Å². The zero-order chi connectivity index (χ0) is 16.9. The molecule has 1 aliphatic carbocycles. The van der Waals surface area contributed by atoms with E-state index in [0.717, 1.165) is 25.7 Å².